The SMILES string of the molecule is O=C(Cn1ccccc1=O)N/N=C1/CC[C@@H]2CCCC[C@@H]2C1. The first-order valence-corrected chi connectivity index (χ1v) is 8.22. The Morgan fingerprint density at radius 2 is 2.05 bits per heavy atom. The Hall–Kier alpha value is -1.91. The highest BCUT2D eigenvalue weighted by atomic mass is 16.2. The third-order valence-electron chi connectivity index (χ3n) is 4.92. The molecule has 1 aromatic rings. The summed E-state index contributed by atoms with van der Waals surface area (Å²) >= 11 is 0. The Labute approximate surface area is 130 Å². The van der Waals surface area contributed by atoms with Gasteiger partial charge in [0.15, 0.2) is 0 Å². The molecule has 1 amide bonds. The first-order valence-electron chi connectivity index (χ1n) is 8.22. The van der Waals surface area contributed by atoms with E-state index in [4.69, 9.17) is 0 Å². The van der Waals surface area contributed by atoms with Crippen LogP contribution in [-0.4, -0.2) is 16.2 Å². The number of rotatable bonds is 3. The molecule has 5 heteroatoms. The van der Waals surface area contributed by atoms with Crippen molar-refractivity contribution >= 4 is 11.6 Å². The van der Waals surface area contributed by atoms with E-state index in [2.05, 4.69) is 10.5 Å². The van der Waals surface area contributed by atoms with E-state index in [0.717, 1.165) is 30.4 Å². The molecular formula is C17H23N3O2. The van der Waals surface area contributed by atoms with Crippen LogP contribution in [0.3, 0.4) is 0 Å². The molecule has 0 saturated heterocycles. The predicted molar refractivity (Wildman–Crippen MR) is 85.6 cm³/mol. The lowest BCUT2D eigenvalue weighted by molar-refractivity contribution is -0.121. The molecule has 118 valence electrons. The van der Waals surface area contributed by atoms with Gasteiger partial charge in [0.05, 0.1) is 0 Å². The summed E-state index contributed by atoms with van der Waals surface area (Å²) in [6, 6.07) is 4.86. The van der Waals surface area contributed by atoms with Gasteiger partial charge in [-0.15, -0.1) is 0 Å². The number of amides is 1. The van der Waals surface area contributed by atoms with Crippen LogP contribution in [0.15, 0.2) is 34.3 Å². The average Bonchev–Trinajstić information content (AvgIpc) is 2.55. The molecule has 5 nitrogen and oxygen atoms in total. The molecule has 0 unspecified atom stereocenters. The van der Waals surface area contributed by atoms with Gasteiger partial charge in [-0.25, -0.2) is 5.43 Å². The topological polar surface area (TPSA) is 63.5 Å². The Morgan fingerprint density at radius 1 is 1.23 bits per heavy atom. The Kier molecular flexibility index (Phi) is 4.71. The molecule has 0 spiro atoms. The monoisotopic (exact) mass is 301 g/mol. The van der Waals surface area contributed by atoms with Crippen LogP contribution in [0.1, 0.15) is 44.9 Å². The third kappa shape index (κ3) is 3.64. The maximum absolute atomic E-state index is 11.9. The lowest BCUT2D eigenvalue weighted by Crippen LogP contribution is -2.32. The minimum Gasteiger partial charge on any atom is -0.306 e. The summed E-state index contributed by atoms with van der Waals surface area (Å²) in [7, 11) is 0. The number of carbonyl (C=O) groups is 1. The smallest absolute Gasteiger partial charge is 0.260 e. The van der Waals surface area contributed by atoms with Crippen LogP contribution in [0.5, 0.6) is 0 Å². The summed E-state index contributed by atoms with van der Waals surface area (Å²) < 4.78 is 1.38. The summed E-state index contributed by atoms with van der Waals surface area (Å²) in [5.74, 6) is 1.38. The molecule has 2 aliphatic rings. The van der Waals surface area contributed by atoms with Crippen LogP contribution < -0.4 is 11.0 Å². The zero-order chi connectivity index (χ0) is 15.4. The zero-order valence-corrected chi connectivity index (χ0v) is 12.8. The number of aromatic nitrogens is 1. The number of hydrazone groups is 1. The van der Waals surface area contributed by atoms with Crippen LogP contribution in [0.2, 0.25) is 0 Å². The van der Waals surface area contributed by atoms with E-state index in [1.54, 1.807) is 18.3 Å². The zero-order valence-electron chi connectivity index (χ0n) is 12.8. The van der Waals surface area contributed by atoms with Gasteiger partial charge in [0.25, 0.3) is 11.5 Å². The minimum atomic E-state index is -0.244. The van der Waals surface area contributed by atoms with Gasteiger partial charge in [0.2, 0.25) is 0 Å². The summed E-state index contributed by atoms with van der Waals surface area (Å²) in [6.45, 7) is 0.0164. The van der Waals surface area contributed by atoms with Crippen LogP contribution in [0.25, 0.3) is 0 Å². The molecule has 2 saturated carbocycles. The molecule has 2 atom stereocenters. The van der Waals surface area contributed by atoms with Crippen LogP contribution >= 0.6 is 0 Å². The molecule has 22 heavy (non-hydrogen) atoms. The van der Waals surface area contributed by atoms with Crippen molar-refractivity contribution in [3.63, 3.8) is 0 Å². The van der Waals surface area contributed by atoms with Crippen molar-refractivity contribution in [2.75, 3.05) is 0 Å². The quantitative estimate of drug-likeness (QED) is 0.871. The predicted octanol–water partition coefficient (Wildman–Crippen LogP) is 2.31. The van der Waals surface area contributed by atoms with Crippen LogP contribution in [-0.2, 0) is 11.3 Å². The highest BCUT2D eigenvalue weighted by Gasteiger charge is 2.30. The van der Waals surface area contributed by atoms with Gasteiger partial charge in [-0.1, -0.05) is 25.3 Å². The van der Waals surface area contributed by atoms with Crippen molar-refractivity contribution in [1.29, 1.82) is 0 Å². The largest absolute Gasteiger partial charge is 0.306 e. The van der Waals surface area contributed by atoms with E-state index in [1.165, 1.54) is 42.7 Å². The number of hydrogen-bond acceptors (Lipinski definition) is 3. The number of fused-ring (bicyclic) bond motifs is 1. The third-order valence-corrected chi connectivity index (χ3v) is 4.92. The Balaban J connectivity index is 1.54. The van der Waals surface area contributed by atoms with Gasteiger partial charge >= 0.3 is 0 Å². The lowest BCUT2D eigenvalue weighted by atomic mass is 9.70. The van der Waals surface area contributed by atoms with E-state index in [9.17, 15) is 9.59 Å². The van der Waals surface area contributed by atoms with E-state index in [1.807, 2.05) is 0 Å². The second-order valence-electron chi connectivity index (χ2n) is 6.43. The van der Waals surface area contributed by atoms with E-state index < -0.39 is 0 Å². The average molecular weight is 301 g/mol. The van der Waals surface area contributed by atoms with Crippen molar-refractivity contribution in [3.8, 4) is 0 Å². The molecule has 0 bridgehead atoms. The second-order valence-corrected chi connectivity index (χ2v) is 6.43. The molecule has 2 fully saturated rings. The maximum atomic E-state index is 11.9. The Morgan fingerprint density at radius 3 is 2.86 bits per heavy atom. The van der Waals surface area contributed by atoms with Crippen molar-refractivity contribution in [2.45, 2.75) is 51.5 Å². The van der Waals surface area contributed by atoms with Crippen molar-refractivity contribution < 1.29 is 4.79 Å². The molecule has 0 aromatic carbocycles. The fourth-order valence-corrected chi connectivity index (χ4v) is 3.71. The molecular weight excluding hydrogens is 278 g/mol. The molecule has 3 rings (SSSR count). The van der Waals surface area contributed by atoms with Gasteiger partial charge in [-0.05, 0) is 43.6 Å². The fourth-order valence-electron chi connectivity index (χ4n) is 3.71. The number of nitrogens with zero attached hydrogens (tertiary/aromatic N) is 2. The number of carbonyl (C=O) groups excluding carboxylic acids is 1. The van der Waals surface area contributed by atoms with Crippen LogP contribution in [0.4, 0.5) is 0 Å². The summed E-state index contributed by atoms with van der Waals surface area (Å²) in [5, 5.41) is 4.30. The summed E-state index contributed by atoms with van der Waals surface area (Å²) in [5.41, 5.74) is 3.55. The number of hydrogen-bond donors (Lipinski definition) is 1. The molecule has 1 N–H and O–H groups in total. The second kappa shape index (κ2) is 6.90. The highest BCUT2D eigenvalue weighted by Crippen LogP contribution is 2.39. The summed E-state index contributed by atoms with van der Waals surface area (Å²) in [6.07, 6.45) is 10.2. The fraction of sp³-hybridized carbons (Fsp3) is 0.588. The van der Waals surface area contributed by atoms with Gasteiger partial charge in [-0.2, -0.15) is 5.10 Å². The molecule has 0 aliphatic heterocycles. The van der Waals surface area contributed by atoms with Gasteiger partial charge in [0.1, 0.15) is 6.54 Å². The highest BCUT2D eigenvalue weighted by molar-refractivity contribution is 5.87. The lowest BCUT2D eigenvalue weighted by Gasteiger charge is -2.35. The molecule has 0 radical (unpaired) electrons. The van der Waals surface area contributed by atoms with E-state index >= 15 is 0 Å². The normalized spacial score (nSPS) is 26.5. The van der Waals surface area contributed by atoms with Crippen molar-refractivity contribution in [2.24, 2.45) is 16.9 Å². The van der Waals surface area contributed by atoms with Gasteiger partial charge < -0.3 is 4.57 Å². The van der Waals surface area contributed by atoms with Crippen molar-refractivity contribution in [3.05, 3.63) is 34.7 Å². The maximum Gasteiger partial charge on any atom is 0.260 e. The number of pyridine rings is 1. The van der Waals surface area contributed by atoms with Crippen molar-refractivity contribution in [1.82, 2.24) is 9.99 Å². The standard InChI is InChI=1S/C17H23N3O2/c21-16(12-20-10-4-3-7-17(20)22)19-18-15-9-8-13-5-1-2-6-14(13)11-15/h3-4,7,10,13-14H,1-2,5-6,8-9,11-12H2,(H,19,21)/b18-15-/t13-,14+/m0/s1. The minimum absolute atomic E-state index is 0.0164. The van der Waals surface area contributed by atoms with E-state index in [0.29, 0.717) is 0 Å². The Bertz CT molecular complexity index is 620. The van der Waals surface area contributed by atoms with Gasteiger partial charge in [-0.3, -0.25) is 9.59 Å². The van der Waals surface area contributed by atoms with Gasteiger partial charge in [0, 0.05) is 18.0 Å². The number of nitrogens with one attached hydrogen (secondary N) is 1. The molecule has 1 heterocycles. The summed E-state index contributed by atoms with van der Waals surface area (Å²) in [4.78, 5) is 23.5. The first-order chi connectivity index (χ1) is 10.7. The molecule has 1 aromatic heterocycles. The first kappa shape index (κ1) is 15.0. The van der Waals surface area contributed by atoms with Crippen LogP contribution in [0, 0.1) is 11.8 Å². The van der Waals surface area contributed by atoms with E-state index in [-0.39, 0.29) is 18.0 Å². The molecule has 2 aliphatic carbocycles.